The maximum atomic E-state index is 13.9. The van der Waals surface area contributed by atoms with Crippen LogP contribution in [0, 0.1) is 24.7 Å². The van der Waals surface area contributed by atoms with E-state index in [1.165, 1.54) is 0 Å². The second kappa shape index (κ2) is 9.05. The van der Waals surface area contributed by atoms with Crippen molar-refractivity contribution in [3.8, 4) is 11.4 Å². The van der Waals surface area contributed by atoms with Crippen LogP contribution in [0.15, 0.2) is 70.9 Å². The summed E-state index contributed by atoms with van der Waals surface area (Å²) in [5, 5.41) is 18.5. The van der Waals surface area contributed by atoms with Gasteiger partial charge in [0.15, 0.2) is 0 Å². The van der Waals surface area contributed by atoms with Crippen molar-refractivity contribution in [3.63, 3.8) is 0 Å². The van der Waals surface area contributed by atoms with Crippen molar-refractivity contribution in [1.29, 1.82) is 0 Å². The van der Waals surface area contributed by atoms with E-state index >= 15 is 0 Å². The van der Waals surface area contributed by atoms with E-state index in [2.05, 4.69) is 10.2 Å². The summed E-state index contributed by atoms with van der Waals surface area (Å²) in [6, 6.07) is 19.6. The maximum Gasteiger partial charge on any atom is 0.213 e. The van der Waals surface area contributed by atoms with Gasteiger partial charge < -0.3 is 0 Å². The van der Waals surface area contributed by atoms with Gasteiger partial charge in [0.1, 0.15) is 11.4 Å². The first-order valence-corrected chi connectivity index (χ1v) is 13.5. The third kappa shape index (κ3) is 3.97. The van der Waals surface area contributed by atoms with E-state index in [0.717, 1.165) is 22.8 Å². The van der Waals surface area contributed by atoms with Crippen LogP contribution in [-0.2, 0) is 12.8 Å². The van der Waals surface area contributed by atoms with Crippen molar-refractivity contribution in [2.45, 2.75) is 54.4 Å². The number of ketones is 2. The molecule has 0 saturated heterocycles. The number of Topliss-reactive ketones (excluding diaryl/α,β-unsaturated/α-hetero) is 2. The fraction of sp³-hybridized carbons (Fsp3) is 0.312. The largest absolute Gasteiger partial charge is 0.287 e. The molecule has 0 saturated carbocycles. The molecule has 8 heteroatoms. The molecule has 40 heavy (non-hydrogen) atoms. The van der Waals surface area contributed by atoms with Crippen LogP contribution in [0.4, 0.5) is 0 Å². The van der Waals surface area contributed by atoms with Crippen molar-refractivity contribution in [1.82, 2.24) is 19.6 Å². The number of carbonyl (C=O) groups excluding carboxylic acids is 2. The van der Waals surface area contributed by atoms with E-state index < -0.39 is 10.8 Å². The lowest BCUT2D eigenvalue weighted by Gasteiger charge is -2.32. The van der Waals surface area contributed by atoms with Gasteiger partial charge in [-0.2, -0.15) is 20.4 Å². The molecule has 6 rings (SSSR count). The first kappa shape index (κ1) is 25.8. The SMILES string of the molecule is Cc1nn(-c2ccccc2)c2c1C(=O)/C(=N\N=C1\C(=O)c3c(C)nn(-c4ccccc4)c3CC1(C)C)C(C)(C)C2. The number of benzene rings is 2. The normalized spacial score (nSPS) is 19.6. The number of rotatable bonds is 3. The third-order valence-corrected chi connectivity index (χ3v) is 7.95. The summed E-state index contributed by atoms with van der Waals surface area (Å²) in [7, 11) is 0. The van der Waals surface area contributed by atoms with Gasteiger partial charge in [0.05, 0.1) is 45.3 Å². The minimum Gasteiger partial charge on any atom is -0.287 e. The summed E-state index contributed by atoms with van der Waals surface area (Å²) < 4.78 is 3.71. The molecule has 0 spiro atoms. The van der Waals surface area contributed by atoms with Crippen LogP contribution in [0.25, 0.3) is 11.4 Å². The molecule has 202 valence electrons. The molecule has 0 amide bonds. The Balaban J connectivity index is 1.42. The molecular weight excluding hydrogens is 500 g/mol. The van der Waals surface area contributed by atoms with Gasteiger partial charge in [0.2, 0.25) is 11.6 Å². The van der Waals surface area contributed by atoms with Crippen LogP contribution < -0.4 is 0 Å². The molecular formula is C32H32N6O2. The Morgan fingerprint density at radius 3 is 1.32 bits per heavy atom. The first-order chi connectivity index (χ1) is 19.0. The zero-order valence-electron chi connectivity index (χ0n) is 23.7. The van der Waals surface area contributed by atoms with Gasteiger partial charge in [-0.1, -0.05) is 64.1 Å². The molecule has 0 atom stereocenters. The quantitative estimate of drug-likeness (QED) is 0.316. The number of nitrogens with zero attached hydrogens (tertiary/aromatic N) is 6. The highest BCUT2D eigenvalue weighted by atomic mass is 16.1. The van der Waals surface area contributed by atoms with Crippen molar-refractivity contribution in [2.75, 3.05) is 0 Å². The van der Waals surface area contributed by atoms with Crippen LogP contribution in [0.3, 0.4) is 0 Å². The molecule has 0 radical (unpaired) electrons. The first-order valence-electron chi connectivity index (χ1n) is 13.5. The van der Waals surface area contributed by atoms with Crippen LogP contribution in [0.5, 0.6) is 0 Å². The van der Waals surface area contributed by atoms with Crippen molar-refractivity contribution in [2.24, 2.45) is 21.0 Å². The zero-order chi connectivity index (χ0) is 28.4. The van der Waals surface area contributed by atoms with Gasteiger partial charge in [-0.15, -0.1) is 0 Å². The molecule has 0 unspecified atom stereocenters. The Kier molecular flexibility index (Phi) is 5.83. The molecule has 2 aromatic heterocycles. The highest BCUT2D eigenvalue weighted by Gasteiger charge is 2.44. The lowest BCUT2D eigenvalue weighted by molar-refractivity contribution is 0.103. The molecule has 0 aliphatic heterocycles. The number of hydrogen-bond donors (Lipinski definition) is 0. The minimum absolute atomic E-state index is 0.190. The van der Waals surface area contributed by atoms with Crippen LogP contribution in [-0.4, -0.2) is 42.6 Å². The number of carbonyl (C=O) groups is 2. The molecule has 2 aromatic carbocycles. The summed E-state index contributed by atoms with van der Waals surface area (Å²) in [6.45, 7) is 11.7. The summed E-state index contributed by atoms with van der Waals surface area (Å²) in [5.74, 6) is -0.379. The van der Waals surface area contributed by atoms with Crippen LogP contribution in [0.2, 0.25) is 0 Å². The standard InChI is InChI=1S/C32H32N6O2/c1-19-25-23(37(35-19)21-13-9-7-10-14-21)17-31(3,4)29(27(25)39)33-34-30-28(40)26-20(2)36-38(22-15-11-8-12-16-22)24(26)18-32(30,5)6/h7-16H,17-18H2,1-6H3/b33-29-,34-30+. The second-order valence-electron chi connectivity index (χ2n) is 12.0. The van der Waals surface area contributed by atoms with Gasteiger partial charge in [-0.3, -0.25) is 9.59 Å². The zero-order valence-corrected chi connectivity index (χ0v) is 23.7. The van der Waals surface area contributed by atoms with Gasteiger partial charge >= 0.3 is 0 Å². The third-order valence-electron chi connectivity index (χ3n) is 7.95. The number of aromatic nitrogens is 4. The molecule has 4 aromatic rings. The summed E-state index contributed by atoms with van der Waals surface area (Å²) in [5.41, 5.74) is 5.48. The fourth-order valence-electron chi connectivity index (χ4n) is 5.95. The highest BCUT2D eigenvalue weighted by Crippen LogP contribution is 2.38. The van der Waals surface area contributed by atoms with E-state index in [-0.39, 0.29) is 11.6 Å². The predicted octanol–water partition coefficient (Wildman–Crippen LogP) is 5.70. The Bertz CT molecular complexity index is 1610. The predicted molar refractivity (Wildman–Crippen MR) is 155 cm³/mol. The maximum absolute atomic E-state index is 13.9. The molecule has 0 bridgehead atoms. The Morgan fingerprint density at radius 1 is 0.625 bits per heavy atom. The minimum atomic E-state index is -0.603. The lowest BCUT2D eigenvalue weighted by Crippen LogP contribution is -2.41. The number of para-hydroxylation sites is 2. The van der Waals surface area contributed by atoms with Gasteiger partial charge in [0.25, 0.3) is 0 Å². The molecule has 8 nitrogen and oxygen atoms in total. The topological polar surface area (TPSA) is 94.5 Å². The molecule has 0 fully saturated rings. The smallest absolute Gasteiger partial charge is 0.213 e. The van der Waals surface area contributed by atoms with Gasteiger partial charge in [-0.05, 0) is 38.1 Å². The number of hydrogen-bond acceptors (Lipinski definition) is 6. The van der Waals surface area contributed by atoms with E-state index in [0.29, 0.717) is 46.8 Å². The Morgan fingerprint density at radius 2 is 0.975 bits per heavy atom. The number of aryl methyl sites for hydroxylation is 2. The molecule has 0 N–H and O–H groups in total. The van der Waals surface area contributed by atoms with E-state index in [4.69, 9.17) is 10.2 Å². The number of fused-ring (bicyclic) bond motifs is 2. The molecule has 2 aliphatic carbocycles. The van der Waals surface area contributed by atoms with Gasteiger partial charge in [0, 0.05) is 23.7 Å². The Labute approximate surface area is 233 Å². The lowest BCUT2D eigenvalue weighted by atomic mass is 9.73. The average molecular weight is 533 g/mol. The van der Waals surface area contributed by atoms with E-state index in [1.807, 2.05) is 112 Å². The summed E-state index contributed by atoms with van der Waals surface area (Å²) >= 11 is 0. The summed E-state index contributed by atoms with van der Waals surface area (Å²) in [6.07, 6.45) is 1.13. The highest BCUT2D eigenvalue weighted by molar-refractivity contribution is 6.50. The van der Waals surface area contributed by atoms with Crippen molar-refractivity contribution >= 4 is 23.0 Å². The summed E-state index contributed by atoms with van der Waals surface area (Å²) in [4.78, 5) is 27.7. The van der Waals surface area contributed by atoms with Crippen LogP contribution in [0.1, 0.15) is 71.2 Å². The van der Waals surface area contributed by atoms with Gasteiger partial charge in [-0.25, -0.2) is 9.36 Å². The van der Waals surface area contributed by atoms with E-state index in [1.54, 1.807) is 0 Å². The second-order valence-corrected chi connectivity index (χ2v) is 12.0. The average Bonchev–Trinajstić information content (AvgIpc) is 3.41. The van der Waals surface area contributed by atoms with E-state index in [9.17, 15) is 9.59 Å². The van der Waals surface area contributed by atoms with Crippen LogP contribution >= 0.6 is 0 Å². The van der Waals surface area contributed by atoms with Crippen molar-refractivity contribution in [3.05, 3.63) is 94.6 Å². The fourth-order valence-corrected chi connectivity index (χ4v) is 5.95. The Hall–Kier alpha value is -4.46. The molecule has 2 heterocycles. The molecule has 2 aliphatic rings. The van der Waals surface area contributed by atoms with Crippen molar-refractivity contribution < 1.29 is 9.59 Å². The monoisotopic (exact) mass is 532 g/mol.